The molecule has 1 aromatic carbocycles. The van der Waals surface area contributed by atoms with Gasteiger partial charge in [0.1, 0.15) is 11.5 Å². The van der Waals surface area contributed by atoms with Crippen molar-refractivity contribution in [2.75, 3.05) is 0 Å². The number of Topliss-reactive ketones (excluding diaryl/α,β-unsaturated/α-hetero) is 1. The number of ketones is 1. The van der Waals surface area contributed by atoms with Gasteiger partial charge in [0.2, 0.25) is 0 Å². The van der Waals surface area contributed by atoms with Crippen LogP contribution in [0.3, 0.4) is 0 Å². The summed E-state index contributed by atoms with van der Waals surface area (Å²) < 4.78 is 6.21. The lowest BCUT2D eigenvalue weighted by atomic mass is 9.60. The Morgan fingerprint density at radius 2 is 1.92 bits per heavy atom. The van der Waals surface area contributed by atoms with Crippen LogP contribution in [0, 0.1) is 17.3 Å². The lowest BCUT2D eigenvalue weighted by Gasteiger charge is -2.43. The molecule has 1 aromatic rings. The minimum Gasteiger partial charge on any atom is -0.490 e. The molecule has 0 aromatic heterocycles. The highest BCUT2D eigenvalue weighted by atomic mass is 16.5. The zero-order valence-corrected chi connectivity index (χ0v) is 15.2. The van der Waals surface area contributed by atoms with E-state index in [-0.39, 0.29) is 5.41 Å². The molecule has 4 aliphatic rings. The molecular formula is C23H28O2. The first-order chi connectivity index (χ1) is 12.1. The Kier molecular flexibility index (Phi) is 3.59. The monoisotopic (exact) mass is 336 g/mol. The molecule has 5 rings (SSSR count). The number of rotatable bonds is 2. The average Bonchev–Trinajstić information content (AvgIpc) is 3.23. The third-order valence-electron chi connectivity index (χ3n) is 7.49. The van der Waals surface area contributed by atoms with Crippen molar-refractivity contribution in [2.24, 2.45) is 17.3 Å². The molecule has 2 nitrogen and oxygen atoms in total. The smallest absolute Gasteiger partial charge is 0.139 e. The van der Waals surface area contributed by atoms with Gasteiger partial charge in [0.25, 0.3) is 0 Å². The summed E-state index contributed by atoms with van der Waals surface area (Å²) >= 11 is 0. The summed E-state index contributed by atoms with van der Waals surface area (Å²) in [5.74, 6) is 2.70. The highest BCUT2D eigenvalue weighted by Crippen LogP contribution is 2.57. The van der Waals surface area contributed by atoms with Crippen LogP contribution in [0.25, 0.3) is 5.57 Å². The molecule has 0 amide bonds. The lowest BCUT2D eigenvalue weighted by molar-refractivity contribution is -0.126. The van der Waals surface area contributed by atoms with Gasteiger partial charge >= 0.3 is 0 Å². The number of fused-ring (bicyclic) bond motifs is 5. The van der Waals surface area contributed by atoms with Crippen LogP contribution in [0.1, 0.15) is 69.4 Å². The van der Waals surface area contributed by atoms with E-state index in [2.05, 4.69) is 31.2 Å². The Morgan fingerprint density at radius 1 is 1.08 bits per heavy atom. The summed E-state index contributed by atoms with van der Waals surface area (Å²) in [5.41, 5.74) is 4.31. The second kappa shape index (κ2) is 5.72. The number of ether oxygens (including phenoxy) is 1. The fourth-order valence-corrected chi connectivity index (χ4v) is 6.01. The number of carbonyl (C=O) groups excluding carboxylic acids is 1. The highest BCUT2D eigenvalue weighted by Gasteiger charge is 2.51. The molecule has 132 valence electrons. The predicted molar refractivity (Wildman–Crippen MR) is 99.6 cm³/mol. The number of hydrogen-bond acceptors (Lipinski definition) is 2. The second-order valence-corrected chi connectivity index (χ2v) is 8.84. The van der Waals surface area contributed by atoms with Crippen LogP contribution in [0.5, 0.6) is 5.75 Å². The van der Waals surface area contributed by atoms with Crippen molar-refractivity contribution in [3.05, 3.63) is 35.4 Å². The Hall–Kier alpha value is -1.57. The molecule has 25 heavy (non-hydrogen) atoms. The lowest BCUT2D eigenvalue weighted by Crippen LogP contribution is -2.38. The first-order valence-electron chi connectivity index (χ1n) is 10.2. The first-order valence-corrected chi connectivity index (χ1v) is 10.2. The van der Waals surface area contributed by atoms with Gasteiger partial charge in [-0.05, 0) is 92.0 Å². The molecule has 0 radical (unpaired) electrons. The van der Waals surface area contributed by atoms with Gasteiger partial charge in [-0.25, -0.2) is 0 Å². The summed E-state index contributed by atoms with van der Waals surface area (Å²) in [4.78, 5) is 12.4. The standard InChI is InChI=1S/C23H28O2/c1-23-13-12-19-18-9-7-17(25-16-4-2-3-5-16)14-15(18)6-8-20(19)21(23)10-11-22(23)24/h7,9,12,14,16,20-21H,2-6,8,10-11,13H2,1H3/t20-,21+,23+/m1/s1. The fraction of sp³-hybridized carbons (Fsp3) is 0.609. The number of benzene rings is 1. The molecule has 3 atom stereocenters. The van der Waals surface area contributed by atoms with Gasteiger partial charge < -0.3 is 4.74 Å². The van der Waals surface area contributed by atoms with Crippen LogP contribution in [-0.4, -0.2) is 11.9 Å². The molecule has 2 fully saturated rings. The maximum atomic E-state index is 12.4. The summed E-state index contributed by atoms with van der Waals surface area (Å²) in [6.07, 6.45) is 13.0. The van der Waals surface area contributed by atoms with E-state index >= 15 is 0 Å². The van der Waals surface area contributed by atoms with E-state index in [1.54, 1.807) is 0 Å². The molecule has 2 heteroatoms. The quantitative estimate of drug-likeness (QED) is 0.728. The van der Waals surface area contributed by atoms with Crippen molar-refractivity contribution in [1.29, 1.82) is 0 Å². The highest BCUT2D eigenvalue weighted by molar-refractivity contribution is 5.89. The van der Waals surface area contributed by atoms with Crippen LogP contribution >= 0.6 is 0 Å². The van der Waals surface area contributed by atoms with Crippen molar-refractivity contribution in [1.82, 2.24) is 0 Å². The molecule has 0 aliphatic heterocycles. The topological polar surface area (TPSA) is 26.3 Å². The fourth-order valence-electron chi connectivity index (χ4n) is 6.01. The molecule has 0 bridgehead atoms. The van der Waals surface area contributed by atoms with E-state index in [1.165, 1.54) is 48.8 Å². The number of allylic oxidation sites excluding steroid dienone is 2. The second-order valence-electron chi connectivity index (χ2n) is 8.84. The SMILES string of the molecule is C[C@]12CC=C3c4ccc(OC5CCCC5)cc4CC[C@H]3[C@@H]1CCC2=O. The van der Waals surface area contributed by atoms with E-state index in [9.17, 15) is 4.79 Å². The Balaban J connectivity index is 1.44. The minimum atomic E-state index is -0.0861. The Labute approximate surface area is 150 Å². The molecule has 0 saturated heterocycles. The van der Waals surface area contributed by atoms with Crippen LogP contribution in [0.2, 0.25) is 0 Å². The van der Waals surface area contributed by atoms with Gasteiger partial charge in [-0.15, -0.1) is 0 Å². The minimum absolute atomic E-state index is 0.0861. The van der Waals surface area contributed by atoms with E-state index < -0.39 is 0 Å². The molecule has 0 unspecified atom stereocenters. The summed E-state index contributed by atoms with van der Waals surface area (Å²) in [6, 6.07) is 6.75. The maximum absolute atomic E-state index is 12.4. The summed E-state index contributed by atoms with van der Waals surface area (Å²) in [6.45, 7) is 2.22. The van der Waals surface area contributed by atoms with Crippen molar-refractivity contribution < 1.29 is 9.53 Å². The van der Waals surface area contributed by atoms with Crippen LogP contribution in [-0.2, 0) is 11.2 Å². The van der Waals surface area contributed by atoms with Crippen LogP contribution in [0.15, 0.2) is 24.3 Å². The van der Waals surface area contributed by atoms with Crippen molar-refractivity contribution in [3.63, 3.8) is 0 Å². The van der Waals surface area contributed by atoms with Gasteiger partial charge in [0.15, 0.2) is 0 Å². The maximum Gasteiger partial charge on any atom is 0.139 e. The van der Waals surface area contributed by atoms with Crippen LogP contribution < -0.4 is 4.74 Å². The van der Waals surface area contributed by atoms with E-state index in [0.29, 0.717) is 23.7 Å². The van der Waals surface area contributed by atoms with Gasteiger partial charge in [-0.1, -0.05) is 19.1 Å². The zero-order chi connectivity index (χ0) is 17.0. The van der Waals surface area contributed by atoms with Gasteiger partial charge in [0.05, 0.1) is 6.10 Å². The van der Waals surface area contributed by atoms with Gasteiger partial charge in [-0.2, -0.15) is 0 Å². The first kappa shape index (κ1) is 15.7. The van der Waals surface area contributed by atoms with Crippen LogP contribution in [0.4, 0.5) is 0 Å². The van der Waals surface area contributed by atoms with E-state index in [1.807, 2.05) is 0 Å². The molecule has 4 aliphatic carbocycles. The average molecular weight is 336 g/mol. The molecule has 2 saturated carbocycles. The molecule has 0 heterocycles. The van der Waals surface area contributed by atoms with Crippen molar-refractivity contribution in [3.8, 4) is 5.75 Å². The molecule has 0 spiro atoms. The summed E-state index contributed by atoms with van der Waals surface area (Å²) in [5, 5.41) is 0. The van der Waals surface area contributed by atoms with Gasteiger partial charge in [-0.3, -0.25) is 4.79 Å². The Morgan fingerprint density at radius 3 is 2.76 bits per heavy atom. The number of hydrogen-bond donors (Lipinski definition) is 0. The van der Waals surface area contributed by atoms with Crippen molar-refractivity contribution in [2.45, 2.75) is 70.8 Å². The largest absolute Gasteiger partial charge is 0.490 e. The summed E-state index contributed by atoms with van der Waals surface area (Å²) in [7, 11) is 0. The predicted octanol–water partition coefficient (Wildman–Crippen LogP) is 5.34. The molecule has 0 N–H and O–H groups in total. The van der Waals surface area contributed by atoms with Gasteiger partial charge in [0, 0.05) is 11.8 Å². The van der Waals surface area contributed by atoms with Crippen molar-refractivity contribution >= 4 is 11.4 Å². The number of aryl methyl sites for hydroxylation is 1. The molecular weight excluding hydrogens is 308 g/mol. The number of carbonyl (C=O) groups is 1. The normalized spacial score (nSPS) is 34.3. The van der Waals surface area contributed by atoms with E-state index in [4.69, 9.17) is 4.74 Å². The third kappa shape index (κ3) is 2.40. The zero-order valence-electron chi connectivity index (χ0n) is 15.2. The van der Waals surface area contributed by atoms with E-state index in [0.717, 1.165) is 31.4 Å². The third-order valence-corrected chi connectivity index (χ3v) is 7.49. The Bertz CT molecular complexity index is 740.